The van der Waals surface area contributed by atoms with E-state index >= 15 is 0 Å². The Morgan fingerprint density at radius 1 is 1.43 bits per heavy atom. The van der Waals surface area contributed by atoms with E-state index in [1.165, 1.54) is 0 Å². The number of amides is 2. The van der Waals surface area contributed by atoms with E-state index in [1.807, 2.05) is 32.3 Å². The number of anilines is 1. The smallest absolute Gasteiger partial charge is 0.321 e. The molecule has 2 atom stereocenters. The molecular formula is C16H27N3OS. The highest BCUT2D eigenvalue weighted by atomic mass is 32.2. The van der Waals surface area contributed by atoms with Gasteiger partial charge in [0.25, 0.3) is 0 Å². The first-order chi connectivity index (χ1) is 10.0. The molecule has 2 amide bonds. The zero-order chi connectivity index (χ0) is 15.8. The quantitative estimate of drug-likeness (QED) is 0.809. The third-order valence-electron chi connectivity index (χ3n) is 3.77. The van der Waals surface area contributed by atoms with Gasteiger partial charge in [-0.2, -0.15) is 11.8 Å². The lowest BCUT2D eigenvalue weighted by Gasteiger charge is -2.27. The monoisotopic (exact) mass is 309 g/mol. The van der Waals surface area contributed by atoms with Crippen LogP contribution in [0.15, 0.2) is 24.3 Å². The molecule has 1 aromatic rings. The Kier molecular flexibility index (Phi) is 7.61. The van der Waals surface area contributed by atoms with Crippen molar-refractivity contribution in [1.82, 2.24) is 10.2 Å². The molecule has 0 aliphatic rings. The van der Waals surface area contributed by atoms with Gasteiger partial charge in [-0.15, -0.1) is 0 Å². The fourth-order valence-electron chi connectivity index (χ4n) is 2.13. The second-order valence-corrected chi connectivity index (χ2v) is 6.10. The van der Waals surface area contributed by atoms with Gasteiger partial charge in [0.2, 0.25) is 0 Å². The average molecular weight is 309 g/mol. The molecule has 0 aliphatic carbocycles. The lowest BCUT2D eigenvalue weighted by molar-refractivity contribution is 0.207. The number of thioether (sulfide) groups is 1. The van der Waals surface area contributed by atoms with Crippen LogP contribution in [0.4, 0.5) is 10.5 Å². The zero-order valence-electron chi connectivity index (χ0n) is 13.6. The van der Waals surface area contributed by atoms with Gasteiger partial charge in [0, 0.05) is 30.6 Å². The fraction of sp³-hybridized carbons (Fsp3) is 0.562. The molecule has 0 saturated carbocycles. The summed E-state index contributed by atoms with van der Waals surface area (Å²) in [6.07, 6.45) is 3.03. The maximum Gasteiger partial charge on any atom is 0.321 e. The molecule has 1 aromatic carbocycles. The van der Waals surface area contributed by atoms with Gasteiger partial charge in [-0.25, -0.2) is 4.79 Å². The molecule has 118 valence electrons. The molecule has 0 aromatic heterocycles. The average Bonchev–Trinajstić information content (AvgIpc) is 2.51. The van der Waals surface area contributed by atoms with Crippen molar-refractivity contribution in [2.75, 3.05) is 31.4 Å². The molecule has 4 nitrogen and oxygen atoms in total. The molecule has 0 aliphatic heterocycles. The van der Waals surface area contributed by atoms with Gasteiger partial charge >= 0.3 is 6.03 Å². The molecule has 0 spiro atoms. The summed E-state index contributed by atoms with van der Waals surface area (Å²) in [6.45, 7) is 4.21. The SMILES string of the molecule is CCC(CSC)N(C)C(=O)Nc1cccc(C(C)NC)c1. The van der Waals surface area contributed by atoms with Crippen LogP contribution < -0.4 is 10.6 Å². The Balaban J connectivity index is 2.74. The summed E-state index contributed by atoms with van der Waals surface area (Å²) in [5.41, 5.74) is 2.00. The van der Waals surface area contributed by atoms with Crippen molar-refractivity contribution >= 4 is 23.5 Å². The van der Waals surface area contributed by atoms with Crippen LogP contribution in [-0.2, 0) is 0 Å². The van der Waals surface area contributed by atoms with Crippen LogP contribution >= 0.6 is 11.8 Å². The highest BCUT2D eigenvalue weighted by Gasteiger charge is 2.18. The van der Waals surface area contributed by atoms with Crippen LogP contribution in [0.2, 0.25) is 0 Å². The number of nitrogens with one attached hydrogen (secondary N) is 2. The molecule has 0 radical (unpaired) electrons. The minimum atomic E-state index is -0.0508. The Bertz CT molecular complexity index is 453. The zero-order valence-corrected chi connectivity index (χ0v) is 14.5. The number of carbonyl (C=O) groups is 1. The summed E-state index contributed by atoms with van der Waals surface area (Å²) in [6, 6.07) is 8.44. The molecule has 0 saturated heterocycles. The van der Waals surface area contributed by atoms with Gasteiger partial charge in [0.05, 0.1) is 0 Å². The van der Waals surface area contributed by atoms with Gasteiger partial charge in [0.15, 0.2) is 0 Å². The van der Waals surface area contributed by atoms with E-state index in [2.05, 4.69) is 36.8 Å². The number of nitrogens with zero attached hydrogens (tertiary/aromatic N) is 1. The molecular weight excluding hydrogens is 282 g/mol. The van der Waals surface area contributed by atoms with Crippen molar-refractivity contribution in [3.05, 3.63) is 29.8 Å². The molecule has 1 rings (SSSR count). The van der Waals surface area contributed by atoms with Crippen molar-refractivity contribution < 1.29 is 4.79 Å². The summed E-state index contributed by atoms with van der Waals surface area (Å²) in [7, 11) is 3.79. The number of carbonyl (C=O) groups excluding carboxylic acids is 1. The second-order valence-electron chi connectivity index (χ2n) is 5.19. The van der Waals surface area contributed by atoms with Gasteiger partial charge < -0.3 is 15.5 Å². The van der Waals surface area contributed by atoms with E-state index in [0.29, 0.717) is 0 Å². The summed E-state index contributed by atoms with van der Waals surface area (Å²) in [5.74, 6) is 0.956. The molecule has 2 unspecified atom stereocenters. The molecule has 5 heteroatoms. The molecule has 0 fully saturated rings. The van der Waals surface area contributed by atoms with Crippen molar-refractivity contribution in [3.8, 4) is 0 Å². The minimum absolute atomic E-state index is 0.0508. The largest absolute Gasteiger partial charge is 0.324 e. The number of rotatable bonds is 7. The number of urea groups is 1. The summed E-state index contributed by atoms with van der Waals surface area (Å²) in [4.78, 5) is 14.1. The molecule has 21 heavy (non-hydrogen) atoms. The van der Waals surface area contributed by atoms with Crippen LogP contribution in [0.25, 0.3) is 0 Å². The van der Waals surface area contributed by atoms with Crippen molar-refractivity contribution in [1.29, 1.82) is 0 Å². The first kappa shape index (κ1) is 17.9. The maximum absolute atomic E-state index is 12.3. The van der Waals surface area contributed by atoms with Crippen LogP contribution in [-0.4, -0.2) is 43.1 Å². The van der Waals surface area contributed by atoms with Crippen LogP contribution in [0.5, 0.6) is 0 Å². The standard InChI is InChI=1S/C16H27N3OS/c1-6-15(11-21-5)19(4)16(20)18-14-9-7-8-13(10-14)12(2)17-3/h7-10,12,15,17H,6,11H2,1-5H3,(H,18,20). The van der Waals surface area contributed by atoms with Gasteiger partial charge in [-0.3, -0.25) is 0 Å². The van der Waals surface area contributed by atoms with E-state index in [-0.39, 0.29) is 18.1 Å². The van der Waals surface area contributed by atoms with E-state index in [0.717, 1.165) is 23.4 Å². The van der Waals surface area contributed by atoms with E-state index in [9.17, 15) is 4.79 Å². The summed E-state index contributed by atoms with van der Waals surface area (Å²) < 4.78 is 0. The normalized spacial score (nSPS) is 13.6. The summed E-state index contributed by atoms with van der Waals surface area (Å²) in [5, 5.41) is 6.19. The maximum atomic E-state index is 12.3. The molecule has 0 heterocycles. The van der Waals surface area contributed by atoms with Crippen LogP contribution in [0.3, 0.4) is 0 Å². The van der Waals surface area contributed by atoms with Crippen molar-refractivity contribution in [3.63, 3.8) is 0 Å². The topological polar surface area (TPSA) is 44.4 Å². The highest BCUT2D eigenvalue weighted by molar-refractivity contribution is 7.98. The van der Waals surface area contributed by atoms with Crippen LogP contribution in [0.1, 0.15) is 31.9 Å². The predicted octanol–water partition coefficient (Wildman–Crippen LogP) is 3.57. The number of hydrogen-bond donors (Lipinski definition) is 2. The Labute approximate surface area is 132 Å². The molecule has 2 N–H and O–H groups in total. The van der Waals surface area contributed by atoms with Gasteiger partial charge in [-0.05, 0) is 44.3 Å². The van der Waals surface area contributed by atoms with Crippen LogP contribution in [0, 0.1) is 0 Å². The van der Waals surface area contributed by atoms with E-state index < -0.39 is 0 Å². The Morgan fingerprint density at radius 3 is 2.71 bits per heavy atom. The van der Waals surface area contributed by atoms with Gasteiger partial charge in [-0.1, -0.05) is 19.1 Å². The fourth-order valence-corrected chi connectivity index (χ4v) is 2.97. The van der Waals surface area contributed by atoms with E-state index in [4.69, 9.17) is 0 Å². The lowest BCUT2D eigenvalue weighted by Crippen LogP contribution is -2.41. The predicted molar refractivity (Wildman–Crippen MR) is 93.2 cm³/mol. The molecule has 0 bridgehead atoms. The minimum Gasteiger partial charge on any atom is -0.324 e. The van der Waals surface area contributed by atoms with Crippen molar-refractivity contribution in [2.45, 2.75) is 32.4 Å². The number of hydrogen-bond acceptors (Lipinski definition) is 3. The second kappa shape index (κ2) is 8.95. The Morgan fingerprint density at radius 2 is 2.14 bits per heavy atom. The Hall–Kier alpha value is -1.20. The third kappa shape index (κ3) is 5.25. The number of benzene rings is 1. The highest BCUT2D eigenvalue weighted by Crippen LogP contribution is 2.18. The first-order valence-electron chi connectivity index (χ1n) is 7.33. The third-order valence-corrected chi connectivity index (χ3v) is 4.49. The van der Waals surface area contributed by atoms with E-state index in [1.54, 1.807) is 16.7 Å². The van der Waals surface area contributed by atoms with Crippen molar-refractivity contribution in [2.24, 2.45) is 0 Å². The first-order valence-corrected chi connectivity index (χ1v) is 8.72. The van der Waals surface area contributed by atoms with Gasteiger partial charge in [0.1, 0.15) is 0 Å². The lowest BCUT2D eigenvalue weighted by atomic mass is 10.1. The summed E-state index contributed by atoms with van der Waals surface area (Å²) >= 11 is 1.77.